The maximum atomic E-state index is 12.1. The first-order valence-corrected chi connectivity index (χ1v) is 8.79. The van der Waals surface area contributed by atoms with Gasteiger partial charge in [0.1, 0.15) is 10.6 Å². The lowest BCUT2D eigenvalue weighted by atomic mass is 10.2. The number of thiazole rings is 1. The molecule has 1 amide bonds. The number of carbonyl (C=O) groups is 2. The first-order valence-electron chi connectivity index (χ1n) is 7.19. The van der Waals surface area contributed by atoms with Gasteiger partial charge in [0.15, 0.2) is 9.61 Å². The molecule has 1 fully saturated rings. The number of hydrogen-bond acceptors (Lipinski definition) is 7. The van der Waals surface area contributed by atoms with Crippen LogP contribution in [0, 0.1) is 0 Å². The molecule has 0 unspecified atom stereocenters. The lowest BCUT2D eigenvalue weighted by molar-refractivity contribution is 0.0240. The number of amides is 1. The normalized spacial score (nSPS) is 15.5. The van der Waals surface area contributed by atoms with Crippen molar-refractivity contribution >= 4 is 44.3 Å². The van der Waals surface area contributed by atoms with Gasteiger partial charge in [-0.2, -0.15) is 0 Å². The molecule has 2 rings (SSSR count). The molecule has 1 aromatic heterocycles. The third-order valence-electron chi connectivity index (χ3n) is 3.18. The number of esters is 1. The monoisotopic (exact) mass is 405 g/mol. The average molecular weight is 406 g/mol. The van der Waals surface area contributed by atoms with Crippen molar-refractivity contribution in [2.45, 2.75) is 26.4 Å². The van der Waals surface area contributed by atoms with Crippen LogP contribution in [0.25, 0.3) is 0 Å². The third-order valence-corrected chi connectivity index (χ3v) is 4.75. The van der Waals surface area contributed by atoms with Crippen LogP contribution in [0.2, 0.25) is 0 Å². The van der Waals surface area contributed by atoms with Crippen LogP contribution in [-0.4, -0.2) is 60.8 Å². The van der Waals surface area contributed by atoms with E-state index in [0.717, 1.165) is 5.00 Å². The molecule has 1 aromatic rings. The van der Waals surface area contributed by atoms with Gasteiger partial charge in [0.05, 0.1) is 7.11 Å². The van der Waals surface area contributed by atoms with Gasteiger partial charge in [-0.25, -0.2) is 14.6 Å². The highest BCUT2D eigenvalue weighted by atomic mass is 79.9. The predicted molar refractivity (Wildman–Crippen MR) is 91.2 cm³/mol. The van der Waals surface area contributed by atoms with E-state index < -0.39 is 11.6 Å². The summed E-state index contributed by atoms with van der Waals surface area (Å²) in [6, 6.07) is 0. The highest BCUT2D eigenvalue weighted by Gasteiger charge is 2.29. The fraction of sp³-hybridized carbons (Fsp3) is 0.643. The summed E-state index contributed by atoms with van der Waals surface area (Å²) in [5.41, 5.74) is -0.204. The van der Waals surface area contributed by atoms with Crippen molar-refractivity contribution in [2.24, 2.45) is 0 Å². The van der Waals surface area contributed by atoms with E-state index in [9.17, 15) is 9.59 Å². The summed E-state index contributed by atoms with van der Waals surface area (Å²) in [5.74, 6) is -0.462. The Bertz CT molecular complexity index is 591. The quantitative estimate of drug-likeness (QED) is 0.704. The predicted octanol–water partition coefficient (Wildman–Crippen LogP) is 2.75. The molecule has 9 heteroatoms. The van der Waals surface area contributed by atoms with Gasteiger partial charge < -0.3 is 19.3 Å². The van der Waals surface area contributed by atoms with Crippen LogP contribution in [0.3, 0.4) is 0 Å². The maximum absolute atomic E-state index is 12.1. The fourth-order valence-electron chi connectivity index (χ4n) is 2.15. The van der Waals surface area contributed by atoms with Gasteiger partial charge in [0, 0.05) is 26.2 Å². The minimum absolute atomic E-state index is 0.301. The van der Waals surface area contributed by atoms with Gasteiger partial charge in [0.25, 0.3) is 0 Å². The number of rotatable bonds is 2. The number of methoxy groups -OCH3 is 1. The molecule has 0 spiro atoms. The molecule has 0 saturated carbocycles. The molecule has 0 N–H and O–H groups in total. The standard InChI is InChI=1S/C14H20BrN3O4S/c1-14(2,3)22-13(20)18-7-5-17(6-8-18)10-9(11(19)21-4)16-12(15)23-10/h5-8H2,1-4H3. The van der Waals surface area contributed by atoms with Crippen molar-refractivity contribution in [1.29, 1.82) is 0 Å². The molecule has 1 aliphatic rings. The minimum atomic E-state index is -0.505. The Labute approximate surface area is 147 Å². The first-order chi connectivity index (χ1) is 10.7. The Morgan fingerprint density at radius 3 is 2.35 bits per heavy atom. The number of anilines is 1. The van der Waals surface area contributed by atoms with E-state index in [1.165, 1.54) is 18.4 Å². The summed E-state index contributed by atoms with van der Waals surface area (Å²) in [4.78, 5) is 31.8. The number of aromatic nitrogens is 1. The van der Waals surface area contributed by atoms with E-state index in [1.807, 2.05) is 25.7 Å². The summed E-state index contributed by atoms with van der Waals surface area (Å²) in [6.07, 6.45) is -0.309. The van der Waals surface area contributed by atoms with Gasteiger partial charge in [-0.3, -0.25) is 0 Å². The van der Waals surface area contributed by atoms with E-state index in [0.29, 0.717) is 35.8 Å². The average Bonchev–Trinajstić information content (AvgIpc) is 2.87. The van der Waals surface area contributed by atoms with E-state index in [2.05, 4.69) is 20.9 Å². The Hall–Kier alpha value is -1.35. The zero-order valence-electron chi connectivity index (χ0n) is 13.6. The van der Waals surface area contributed by atoms with E-state index in [-0.39, 0.29) is 6.09 Å². The number of ether oxygens (including phenoxy) is 2. The van der Waals surface area contributed by atoms with Crippen LogP contribution < -0.4 is 4.90 Å². The Kier molecular flexibility index (Phi) is 5.51. The molecule has 0 aliphatic carbocycles. The van der Waals surface area contributed by atoms with Crippen molar-refractivity contribution in [3.05, 3.63) is 9.61 Å². The lowest BCUT2D eigenvalue weighted by Gasteiger charge is -2.36. The van der Waals surface area contributed by atoms with Crippen molar-refractivity contribution in [2.75, 3.05) is 38.2 Å². The van der Waals surface area contributed by atoms with Gasteiger partial charge >= 0.3 is 12.1 Å². The van der Waals surface area contributed by atoms with Crippen LogP contribution in [0.15, 0.2) is 3.92 Å². The Balaban J connectivity index is 2.02. The number of halogens is 1. The second-order valence-electron chi connectivity index (χ2n) is 6.07. The van der Waals surface area contributed by atoms with Gasteiger partial charge in [-0.15, -0.1) is 0 Å². The van der Waals surface area contributed by atoms with Gasteiger partial charge in [-0.1, -0.05) is 11.3 Å². The molecule has 0 radical (unpaired) electrons. The van der Waals surface area contributed by atoms with E-state index >= 15 is 0 Å². The molecule has 0 atom stereocenters. The summed E-state index contributed by atoms with van der Waals surface area (Å²) in [5, 5.41) is 0.757. The summed E-state index contributed by atoms with van der Waals surface area (Å²) >= 11 is 4.68. The number of piperazine rings is 1. The molecule has 2 heterocycles. The number of carbonyl (C=O) groups excluding carboxylic acids is 2. The highest BCUT2D eigenvalue weighted by Crippen LogP contribution is 2.33. The summed E-state index contributed by atoms with van der Waals surface area (Å²) < 4.78 is 10.8. The second kappa shape index (κ2) is 7.04. The smallest absolute Gasteiger partial charge is 0.410 e. The van der Waals surface area contributed by atoms with Crippen molar-refractivity contribution in [3.63, 3.8) is 0 Å². The molecular weight excluding hydrogens is 386 g/mol. The molecule has 1 aliphatic heterocycles. The topological polar surface area (TPSA) is 72.0 Å². The minimum Gasteiger partial charge on any atom is -0.464 e. The van der Waals surface area contributed by atoms with Crippen molar-refractivity contribution in [3.8, 4) is 0 Å². The van der Waals surface area contributed by atoms with Crippen LogP contribution in [0.5, 0.6) is 0 Å². The SMILES string of the molecule is COC(=O)c1nc(Br)sc1N1CCN(C(=O)OC(C)(C)C)CC1. The number of nitrogens with zero attached hydrogens (tertiary/aromatic N) is 3. The zero-order valence-corrected chi connectivity index (χ0v) is 16.0. The lowest BCUT2D eigenvalue weighted by Crippen LogP contribution is -2.50. The van der Waals surface area contributed by atoms with Crippen LogP contribution in [0.1, 0.15) is 31.3 Å². The summed E-state index contributed by atoms with van der Waals surface area (Å²) in [6.45, 7) is 7.82. The number of hydrogen-bond donors (Lipinski definition) is 0. The van der Waals surface area contributed by atoms with Crippen LogP contribution in [0.4, 0.5) is 9.80 Å². The van der Waals surface area contributed by atoms with Crippen molar-refractivity contribution < 1.29 is 19.1 Å². The summed E-state index contributed by atoms with van der Waals surface area (Å²) in [7, 11) is 1.33. The van der Waals surface area contributed by atoms with E-state index in [4.69, 9.17) is 9.47 Å². The fourth-order valence-corrected chi connectivity index (χ4v) is 3.62. The molecule has 7 nitrogen and oxygen atoms in total. The largest absolute Gasteiger partial charge is 0.464 e. The van der Waals surface area contributed by atoms with Crippen LogP contribution in [-0.2, 0) is 9.47 Å². The molecule has 1 saturated heterocycles. The Morgan fingerprint density at radius 2 is 1.83 bits per heavy atom. The maximum Gasteiger partial charge on any atom is 0.410 e. The van der Waals surface area contributed by atoms with Gasteiger partial charge in [0.2, 0.25) is 0 Å². The first kappa shape index (κ1) is 18.0. The molecule has 128 valence electrons. The van der Waals surface area contributed by atoms with Crippen molar-refractivity contribution in [1.82, 2.24) is 9.88 Å². The van der Waals surface area contributed by atoms with Crippen LogP contribution >= 0.6 is 27.3 Å². The van der Waals surface area contributed by atoms with E-state index in [1.54, 1.807) is 4.90 Å². The molecule has 0 bridgehead atoms. The Morgan fingerprint density at radius 1 is 1.22 bits per heavy atom. The third kappa shape index (κ3) is 4.57. The highest BCUT2D eigenvalue weighted by molar-refractivity contribution is 9.11. The zero-order chi connectivity index (χ0) is 17.2. The molecule has 23 heavy (non-hydrogen) atoms. The molecular formula is C14H20BrN3O4S. The second-order valence-corrected chi connectivity index (χ2v) is 8.32. The molecule has 0 aromatic carbocycles. The van der Waals surface area contributed by atoms with Gasteiger partial charge in [-0.05, 0) is 36.7 Å².